The minimum absolute atomic E-state index is 0.0585. The summed E-state index contributed by atoms with van der Waals surface area (Å²) in [5.74, 6) is -1.46. The molecule has 2 amide bonds. The average molecular weight is 648 g/mol. The molecule has 220 valence electrons. The number of amides is 2. The third-order valence-electron chi connectivity index (χ3n) is 6.65. The summed E-state index contributed by atoms with van der Waals surface area (Å²) in [6.45, 7) is 3.30. The summed E-state index contributed by atoms with van der Waals surface area (Å²) >= 11 is 3.46. The van der Waals surface area contributed by atoms with Crippen LogP contribution in [0.4, 0.5) is 10.1 Å². The fourth-order valence-corrected chi connectivity index (χ4v) is 5.65. The predicted molar refractivity (Wildman–Crippen MR) is 163 cm³/mol. The second-order valence-corrected chi connectivity index (χ2v) is 12.9. The van der Waals surface area contributed by atoms with E-state index in [0.717, 1.165) is 36.3 Å². The SMILES string of the molecule is CC[C@H](C)NC(=O)[C@@H](Cc1ccccc1)N(Cc1cccc(Br)c1)C(=O)CN(c1ccc(F)cc1)S(=O)(=O)N(C)C. The van der Waals surface area contributed by atoms with Gasteiger partial charge in [-0.1, -0.05) is 65.3 Å². The summed E-state index contributed by atoms with van der Waals surface area (Å²) in [5.41, 5.74) is 1.73. The lowest BCUT2D eigenvalue weighted by atomic mass is 10.0. The van der Waals surface area contributed by atoms with Crippen LogP contribution in [-0.2, 0) is 32.8 Å². The quantitative estimate of drug-likeness (QED) is 0.290. The molecule has 0 radical (unpaired) electrons. The van der Waals surface area contributed by atoms with Crippen LogP contribution in [0.15, 0.2) is 83.3 Å². The van der Waals surface area contributed by atoms with Gasteiger partial charge in [-0.05, 0) is 60.9 Å². The molecule has 11 heteroatoms. The zero-order valence-corrected chi connectivity index (χ0v) is 26.0. The number of carbonyl (C=O) groups is 2. The zero-order chi connectivity index (χ0) is 30.2. The van der Waals surface area contributed by atoms with Crippen LogP contribution in [0, 0.1) is 5.82 Å². The Labute approximate surface area is 250 Å². The smallest absolute Gasteiger partial charge is 0.304 e. The number of halogens is 2. The number of hydrogen-bond donors (Lipinski definition) is 1. The fourth-order valence-electron chi connectivity index (χ4n) is 4.15. The molecule has 8 nitrogen and oxygen atoms in total. The molecule has 1 N–H and O–H groups in total. The van der Waals surface area contributed by atoms with Crippen molar-refractivity contribution in [2.45, 2.75) is 45.3 Å². The van der Waals surface area contributed by atoms with Crippen LogP contribution in [0.3, 0.4) is 0 Å². The van der Waals surface area contributed by atoms with E-state index < -0.39 is 34.5 Å². The van der Waals surface area contributed by atoms with Crippen molar-refractivity contribution in [1.82, 2.24) is 14.5 Å². The van der Waals surface area contributed by atoms with Gasteiger partial charge in [-0.3, -0.25) is 9.59 Å². The number of nitrogens with zero attached hydrogens (tertiary/aromatic N) is 3. The average Bonchev–Trinajstić information content (AvgIpc) is 2.94. The molecule has 0 saturated carbocycles. The number of hydrogen-bond acceptors (Lipinski definition) is 4. The summed E-state index contributed by atoms with van der Waals surface area (Å²) in [7, 11) is -1.44. The number of rotatable bonds is 13. The second kappa shape index (κ2) is 14.6. The van der Waals surface area contributed by atoms with Crippen LogP contribution in [0.5, 0.6) is 0 Å². The Morgan fingerprint density at radius 1 is 0.951 bits per heavy atom. The van der Waals surface area contributed by atoms with Crippen molar-refractivity contribution in [2.75, 3.05) is 24.9 Å². The second-order valence-electron chi connectivity index (χ2n) is 9.95. The molecule has 0 aliphatic carbocycles. The van der Waals surface area contributed by atoms with Crippen molar-refractivity contribution in [3.63, 3.8) is 0 Å². The highest BCUT2D eigenvalue weighted by atomic mass is 79.9. The maximum atomic E-state index is 14.2. The van der Waals surface area contributed by atoms with E-state index in [0.29, 0.717) is 6.42 Å². The van der Waals surface area contributed by atoms with Gasteiger partial charge in [-0.15, -0.1) is 0 Å². The van der Waals surface area contributed by atoms with Crippen molar-refractivity contribution in [3.8, 4) is 0 Å². The van der Waals surface area contributed by atoms with Gasteiger partial charge in [-0.25, -0.2) is 8.70 Å². The summed E-state index contributed by atoms with van der Waals surface area (Å²) in [5, 5.41) is 3.00. The van der Waals surface area contributed by atoms with Gasteiger partial charge in [-0.2, -0.15) is 12.7 Å². The first-order valence-electron chi connectivity index (χ1n) is 13.3. The van der Waals surface area contributed by atoms with Gasteiger partial charge >= 0.3 is 10.2 Å². The third-order valence-corrected chi connectivity index (χ3v) is 8.96. The van der Waals surface area contributed by atoms with Gasteiger partial charge < -0.3 is 10.2 Å². The minimum Gasteiger partial charge on any atom is -0.352 e. The Morgan fingerprint density at radius 2 is 1.59 bits per heavy atom. The van der Waals surface area contributed by atoms with Gasteiger partial charge in [0.1, 0.15) is 18.4 Å². The Kier molecular flexibility index (Phi) is 11.5. The standard InChI is InChI=1S/C30H36BrFN4O4S/c1-5-22(2)33-30(38)28(19-23-10-7-6-8-11-23)35(20-24-12-9-13-25(31)18-24)29(37)21-36(41(39,40)34(3)4)27-16-14-26(32)15-17-27/h6-18,22,28H,5,19-21H2,1-4H3,(H,33,38)/t22-,28+/m0/s1. The molecule has 0 spiro atoms. The number of nitrogens with one attached hydrogen (secondary N) is 1. The van der Waals surface area contributed by atoms with Crippen molar-refractivity contribution in [2.24, 2.45) is 0 Å². The van der Waals surface area contributed by atoms with E-state index in [1.54, 1.807) is 0 Å². The van der Waals surface area contributed by atoms with Gasteiger partial charge in [0, 0.05) is 37.6 Å². The molecule has 0 aliphatic heterocycles. The maximum Gasteiger partial charge on any atom is 0.304 e. The first kappa shape index (κ1) is 32.2. The van der Waals surface area contributed by atoms with Gasteiger partial charge in [0.05, 0.1) is 5.69 Å². The lowest BCUT2D eigenvalue weighted by molar-refractivity contribution is -0.140. The van der Waals surface area contributed by atoms with E-state index in [-0.39, 0.29) is 30.6 Å². The van der Waals surface area contributed by atoms with E-state index in [1.807, 2.05) is 68.4 Å². The fraction of sp³-hybridized carbons (Fsp3) is 0.333. The maximum absolute atomic E-state index is 14.2. The number of benzene rings is 3. The summed E-state index contributed by atoms with van der Waals surface area (Å²) < 4.78 is 43.1. The van der Waals surface area contributed by atoms with Crippen LogP contribution >= 0.6 is 15.9 Å². The Morgan fingerprint density at radius 3 is 2.17 bits per heavy atom. The number of anilines is 1. The van der Waals surface area contributed by atoms with Gasteiger partial charge in [0.2, 0.25) is 11.8 Å². The summed E-state index contributed by atoms with van der Waals surface area (Å²) in [6, 6.07) is 20.5. The molecular weight excluding hydrogens is 611 g/mol. The topological polar surface area (TPSA) is 90.0 Å². The highest BCUT2D eigenvalue weighted by molar-refractivity contribution is 9.10. The van der Waals surface area contributed by atoms with Crippen LogP contribution in [-0.4, -0.2) is 62.2 Å². The highest BCUT2D eigenvalue weighted by Crippen LogP contribution is 2.23. The largest absolute Gasteiger partial charge is 0.352 e. The van der Waals surface area contributed by atoms with E-state index in [1.165, 1.54) is 31.1 Å². The van der Waals surface area contributed by atoms with Crippen LogP contribution < -0.4 is 9.62 Å². The van der Waals surface area contributed by atoms with Gasteiger partial charge in [0.15, 0.2) is 0 Å². The molecule has 41 heavy (non-hydrogen) atoms. The molecule has 0 heterocycles. The first-order chi connectivity index (χ1) is 19.4. The molecule has 3 aromatic carbocycles. The zero-order valence-electron chi connectivity index (χ0n) is 23.6. The van der Waals surface area contributed by atoms with Crippen molar-refractivity contribution in [1.29, 1.82) is 0 Å². The molecule has 0 saturated heterocycles. The molecule has 0 aliphatic rings. The van der Waals surface area contributed by atoms with Crippen LogP contribution in [0.25, 0.3) is 0 Å². The van der Waals surface area contributed by atoms with Crippen LogP contribution in [0.2, 0.25) is 0 Å². The van der Waals surface area contributed by atoms with Crippen molar-refractivity contribution in [3.05, 3.63) is 100 Å². The van der Waals surface area contributed by atoms with E-state index in [2.05, 4.69) is 21.2 Å². The molecule has 3 rings (SSSR count). The van der Waals surface area contributed by atoms with Crippen LogP contribution in [0.1, 0.15) is 31.4 Å². The van der Waals surface area contributed by atoms with Crippen molar-refractivity contribution >= 4 is 43.6 Å². The van der Waals surface area contributed by atoms with Crippen molar-refractivity contribution < 1.29 is 22.4 Å². The lowest BCUT2D eigenvalue weighted by Gasteiger charge is -2.35. The molecule has 0 fully saturated rings. The monoisotopic (exact) mass is 646 g/mol. The Hall–Kier alpha value is -3.28. The Balaban J connectivity index is 2.09. The molecule has 2 atom stereocenters. The molecule has 3 aromatic rings. The molecule has 0 bridgehead atoms. The van der Waals surface area contributed by atoms with E-state index in [4.69, 9.17) is 0 Å². The summed E-state index contributed by atoms with van der Waals surface area (Å²) in [6.07, 6.45) is 0.919. The molecular formula is C30H36BrFN4O4S. The summed E-state index contributed by atoms with van der Waals surface area (Å²) in [4.78, 5) is 29.3. The molecule has 0 aromatic heterocycles. The predicted octanol–water partition coefficient (Wildman–Crippen LogP) is 4.76. The highest BCUT2D eigenvalue weighted by Gasteiger charge is 2.35. The van der Waals surface area contributed by atoms with E-state index >= 15 is 0 Å². The third kappa shape index (κ3) is 8.85. The molecule has 0 unspecified atom stereocenters. The number of carbonyl (C=O) groups excluding carboxylic acids is 2. The minimum atomic E-state index is -4.15. The van der Waals surface area contributed by atoms with Gasteiger partial charge in [0.25, 0.3) is 0 Å². The lowest BCUT2D eigenvalue weighted by Crippen LogP contribution is -2.55. The van der Waals surface area contributed by atoms with E-state index in [9.17, 15) is 22.4 Å². The Bertz CT molecular complexity index is 1420. The normalized spacial score (nSPS) is 13.0. The first-order valence-corrected chi connectivity index (χ1v) is 15.4.